The summed E-state index contributed by atoms with van der Waals surface area (Å²) in [7, 11) is -3.51. The van der Waals surface area contributed by atoms with Crippen molar-refractivity contribution in [2.45, 2.75) is 57.1 Å². The summed E-state index contributed by atoms with van der Waals surface area (Å²) in [5, 5.41) is 0.116. The zero-order chi connectivity index (χ0) is 14.8. The molecule has 1 aromatic heterocycles. The Morgan fingerprint density at radius 2 is 2.25 bits per heavy atom. The number of nitrogens with two attached hydrogens (primary N) is 1. The van der Waals surface area contributed by atoms with Crippen molar-refractivity contribution in [3.63, 3.8) is 0 Å². The van der Waals surface area contributed by atoms with Gasteiger partial charge in [-0.1, -0.05) is 6.92 Å². The molecule has 3 N–H and O–H groups in total. The van der Waals surface area contributed by atoms with Gasteiger partial charge in [-0.3, -0.25) is 0 Å². The number of hydrogen-bond donors (Lipinski definition) is 2. The lowest BCUT2D eigenvalue weighted by molar-refractivity contribution is 0.511. The zero-order valence-electron chi connectivity index (χ0n) is 12.2. The van der Waals surface area contributed by atoms with E-state index in [0.29, 0.717) is 12.5 Å². The summed E-state index contributed by atoms with van der Waals surface area (Å²) in [6.07, 6.45) is 5.43. The molecule has 7 heteroatoms. The van der Waals surface area contributed by atoms with E-state index >= 15 is 0 Å². The first kappa shape index (κ1) is 15.5. The molecule has 1 aliphatic rings. The highest BCUT2D eigenvalue weighted by atomic mass is 32.2. The number of rotatable bonds is 6. The minimum Gasteiger partial charge on any atom is -0.334 e. The summed E-state index contributed by atoms with van der Waals surface area (Å²) in [6.45, 7) is 5.11. The molecule has 1 fully saturated rings. The first-order valence-electron chi connectivity index (χ1n) is 7.21. The lowest BCUT2D eigenvalue weighted by Crippen LogP contribution is -2.29. The number of nitrogens with zero attached hydrogens (tertiary/aromatic N) is 2. The maximum Gasteiger partial charge on any atom is 0.259 e. The van der Waals surface area contributed by atoms with Gasteiger partial charge in [-0.25, -0.2) is 18.1 Å². The van der Waals surface area contributed by atoms with Gasteiger partial charge in [0.15, 0.2) is 5.03 Å². The highest BCUT2D eigenvalue weighted by Gasteiger charge is 2.25. The second-order valence-corrected chi connectivity index (χ2v) is 7.32. The van der Waals surface area contributed by atoms with Gasteiger partial charge < -0.3 is 10.3 Å². The Balaban J connectivity index is 2.01. The van der Waals surface area contributed by atoms with Gasteiger partial charge in [0, 0.05) is 25.3 Å². The molecule has 1 heterocycles. The molecule has 0 radical (unpaired) electrons. The van der Waals surface area contributed by atoms with Crippen LogP contribution in [0.5, 0.6) is 0 Å². The minimum atomic E-state index is -3.51. The lowest BCUT2D eigenvalue weighted by Gasteiger charge is -2.10. The molecule has 1 saturated carbocycles. The van der Waals surface area contributed by atoms with Crippen LogP contribution in [-0.4, -0.2) is 30.6 Å². The monoisotopic (exact) mass is 300 g/mol. The summed E-state index contributed by atoms with van der Waals surface area (Å²) in [4.78, 5) is 4.15. The van der Waals surface area contributed by atoms with Crippen LogP contribution in [0.25, 0.3) is 0 Å². The van der Waals surface area contributed by atoms with E-state index in [1.807, 2.05) is 11.5 Å². The third-order valence-corrected chi connectivity index (χ3v) is 5.13. The van der Waals surface area contributed by atoms with Gasteiger partial charge in [0.1, 0.15) is 5.82 Å². The Bertz CT molecular complexity index is 553. The molecular weight excluding hydrogens is 276 g/mol. The Morgan fingerprint density at radius 1 is 1.50 bits per heavy atom. The summed E-state index contributed by atoms with van der Waals surface area (Å²) in [5.41, 5.74) is 5.84. The largest absolute Gasteiger partial charge is 0.334 e. The van der Waals surface area contributed by atoms with Gasteiger partial charge >= 0.3 is 0 Å². The summed E-state index contributed by atoms with van der Waals surface area (Å²) < 4.78 is 29.0. The van der Waals surface area contributed by atoms with Gasteiger partial charge in [-0.2, -0.15) is 0 Å². The molecule has 6 nitrogen and oxygen atoms in total. The Labute approximate surface area is 120 Å². The van der Waals surface area contributed by atoms with Crippen molar-refractivity contribution in [3.05, 3.63) is 12.0 Å². The first-order chi connectivity index (χ1) is 9.42. The van der Waals surface area contributed by atoms with Gasteiger partial charge in [0.2, 0.25) is 0 Å². The molecule has 0 aromatic carbocycles. The average molecular weight is 300 g/mol. The van der Waals surface area contributed by atoms with E-state index in [4.69, 9.17) is 5.73 Å². The molecule has 0 aliphatic heterocycles. The molecule has 0 bridgehead atoms. The third-order valence-electron chi connectivity index (χ3n) is 3.84. The van der Waals surface area contributed by atoms with Crippen LogP contribution in [0.1, 0.15) is 38.4 Å². The highest BCUT2D eigenvalue weighted by molar-refractivity contribution is 7.89. The van der Waals surface area contributed by atoms with Crippen molar-refractivity contribution < 1.29 is 8.42 Å². The van der Waals surface area contributed by atoms with E-state index in [-0.39, 0.29) is 11.1 Å². The number of imidazole rings is 1. The van der Waals surface area contributed by atoms with Crippen molar-refractivity contribution in [2.75, 3.05) is 6.54 Å². The van der Waals surface area contributed by atoms with Gasteiger partial charge in [-0.05, 0) is 38.5 Å². The fraction of sp³-hybridized carbons (Fsp3) is 0.769. The van der Waals surface area contributed by atoms with Crippen molar-refractivity contribution in [3.8, 4) is 0 Å². The molecule has 20 heavy (non-hydrogen) atoms. The molecule has 0 saturated heterocycles. The molecule has 114 valence electrons. The zero-order valence-corrected chi connectivity index (χ0v) is 13.0. The van der Waals surface area contributed by atoms with E-state index in [2.05, 4.69) is 16.6 Å². The van der Waals surface area contributed by atoms with Crippen molar-refractivity contribution in [2.24, 2.45) is 11.7 Å². The quantitative estimate of drug-likeness (QED) is 0.820. The number of aromatic nitrogens is 2. The topological polar surface area (TPSA) is 90.0 Å². The molecule has 0 amide bonds. The van der Waals surface area contributed by atoms with Crippen LogP contribution in [0.4, 0.5) is 0 Å². The normalized spacial score (nSPS) is 23.4. The molecule has 1 aliphatic carbocycles. The van der Waals surface area contributed by atoms with E-state index in [0.717, 1.165) is 38.1 Å². The van der Waals surface area contributed by atoms with E-state index < -0.39 is 10.0 Å². The third kappa shape index (κ3) is 3.59. The van der Waals surface area contributed by atoms with Crippen LogP contribution < -0.4 is 10.5 Å². The highest BCUT2D eigenvalue weighted by Crippen LogP contribution is 2.23. The molecule has 2 atom stereocenters. The van der Waals surface area contributed by atoms with Crippen LogP contribution in [0.15, 0.2) is 11.2 Å². The number of sulfonamides is 1. The van der Waals surface area contributed by atoms with E-state index in [1.54, 1.807) is 6.20 Å². The Morgan fingerprint density at radius 3 is 2.85 bits per heavy atom. The standard InChI is InChI=1S/C13H24N4O2S/c1-3-6-17-9-13(16-10(17)2)20(18,19)15-8-11-4-5-12(14)7-11/h9,11-12,15H,3-8,14H2,1-2H3. The first-order valence-corrected chi connectivity index (χ1v) is 8.69. The molecule has 2 rings (SSSR count). The van der Waals surface area contributed by atoms with Crippen molar-refractivity contribution in [1.82, 2.24) is 14.3 Å². The summed E-state index contributed by atoms with van der Waals surface area (Å²) in [6, 6.07) is 0.218. The Hall–Kier alpha value is -0.920. The number of aryl methyl sites for hydroxylation is 2. The van der Waals surface area contributed by atoms with E-state index in [1.165, 1.54) is 0 Å². The summed E-state index contributed by atoms with van der Waals surface area (Å²) in [5.74, 6) is 1.08. The second kappa shape index (κ2) is 6.24. The SMILES string of the molecule is CCCn1cc(S(=O)(=O)NCC2CCC(N)C2)nc1C. The second-order valence-electron chi connectivity index (χ2n) is 5.61. The number of nitrogens with one attached hydrogen (secondary N) is 1. The van der Waals surface area contributed by atoms with Crippen LogP contribution >= 0.6 is 0 Å². The maximum atomic E-state index is 12.2. The molecular formula is C13H24N4O2S. The van der Waals surface area contributed by atoms with Gasteiger partial charge in [-0.15, -0.1) is 0 Å². The van der Waals surface area contributed by atoms with Crippen molar-refractivity contribution in [1.29, 1.82) is 0 Å². The van der Waals surface area contributed by atoms with Crippen LogP contribution in [-0.2, 0) is 16.6 Å². The van der Waals surface area contributed by atoms with Crippen molar-refractivity contribution >= 4 is 10.0 Å². The lowest BCUT2D eigenvalue weighted by atomic mass is 10.1. The molecule has 1 aromatic rings. The number of hydrogen-bond acceptors (Lipinski definition) is 4. The van der Waals surface area contributed by atoms with Gasteiger partial charge in [0.25, 0.3) is 10.0 Å². The maximum absolute atomic E-state index is 12.2. The predicted molar refractivity (Wildman–Crippen MR) is 77.8 cm³/mol. The Kier molecular flexibility index (Phi) is 4.82. The van der Waals surface area contributed by atoms with Gasteiger partial charge in [0.05, 0.1) is 0 Å². The summed E-state index contributed by atoms with van der Waals surface area (Å²) >= 11 is 0. The van der Waals surface area contributed by atoms with Crippen LogP contribution in [0.2, 0.25) is 0 Å². The fourth-order valence-corrected chi connectivity index (χ4v) is 3.80. The smallest absolute Gasteiger partial charge is 0.259 e. The average Bonchev–Trinajstić information content (AvgIpc) is 2.95. The van der Waals surface area contributed by atoms with Crippen LogP contribution in [0, 0.1) is 12.8 Å². The fourth-order valence-electron chi connectivity index (χ4n) is 2.68. The predicted octanol–water partition coefficient (Wildman–Crippen LogP) is 1.01. The van der Waals surface area contributed by atoms with Crippen LogP contribution in [0.3, 0.4) is 0 Å². The molecule has 0 spiro atoms. The molecule has 2 unspecified atom stereocenters. The van der Waals surface area contributed by atoms with E-state index in [9.17, 15) is 8.42 Å². The minimum absolute atomic E-state index is 0.116.